The van der Waals surface area contributed by atoms with Crippen molar-refractivity contribution in [2.75, 3.05) is 31.5 Å². The van der Waals surface area contributed by atoms with Gasteiger partial charge in [0.05, 0.1) is 11.6 Å². The molecule has 1 aromatic rings. The Morgan fingerprint density at radius 3 is 2.15 bits per heavy atom. The summed E-state index contributed by atoms with van der Waals surface area (Å²) in [6, 6.07) is 3.97. The minimum atomic E-state index is -4.40. The van der Waals surface area contributed by atoms with Crippen molar-refractivity contribution >= 4 is 17.5 Å². The van der Waals surface area contributed by atoms with Crippen LogP contribution in [0.25, 0.3) is 0 Å². The fourth-order valence-electron chi connectivity index (χ4n) is 3.07. The Hall–Kier alpha value is -2.09. The topological polar surface area (TPSA) is 52.7 Å². The van der Waals surface area contributed by atoms with Gasteiger partial charge in [-0.3, -0.25) is 14.5 Å². The van der Waals surface area contributed by atoms with E-state index in [0.717, 1.165) is 25.0 Å². The smallest absolute Gasteiger partial charge is 0.340 e. The molecule has 26 heavy (non-hydrogen) atoms. The van der Waals surface area contributed by atoms with Gasteiger partial charge in [0, 0.05) is 37.8 Å². The number of hydrogen-bond acceptors (Lipinski definition) is 3. The maximum absolute atomic E-state index is 12.6. The first-order chi connectivity index (χ1) is 12.3. The molecule has 2 fully saturated rings. The highest BCUT2D eigenvalue weighted by Gasteiger charge is 2.35. The molecule has 5 nitrogen and oxygen atoms in total. The average molecular weight is 369 g/mol. The lowest BCUT2D eigenvalue weighted by atomic mass is 10.1. The number of nitrogens with zero attached hydrogens (tertiary/aromatic N) is 2. The zero-order chi connectivity index (χ0) is 18.9. The van der Waals surface area contributed by atoms with Crippen molar-refractivity contribution in [2.45, 2.75) is 32.0 Å². The summed E-state index contributed by atoms with van der Waals surface area (Å²) < 4.78 is 37.7. The van der Waals surface area contributed by atoms with Crippen LogP contribution in [0.2, 0.25) is 0 Å². The van der Waals surface area contributed by atoms with Gasteiger partial charge in [-0.15, -0.1) is 0 Å². The maximum atomic E-state index is 12.6. The van der Waals surface area contributed by atoms with Crippen LogP contribution in [-0.2, 0) is 15.8 Å². The van der Waals surface area contributed by atoms with Crippen LogP contribution in [0, 0.1) is 5.92 Å². The van der Waals surface area contributed by atoms with E-state index in [1.165, 1.54) is 12.1 Å². The van der Waals surface area contributed by atoms with E-state index in [-0.39, 0.29) is 17.7 Å². The SMILES string of the molecule is C[C@@H](C(=O)Nc1ccc(C(F)(F)F)cc1)N1CCN(C(=O)C2CC2)CC1. The molecule has 0 radical (unpaired) electrons. The van der Waals surface area contributed by atoms with Crippen molar-refractivity contribution in [2.24, 2.45) is 5.92 Å². The molecule has 1 aliphatic heterocycles. The van der Waals surface area contributed by atoms with Crippen molar-refractivity contribution < 1.29 is 22.8 Å². The number of nitrogens with one attached hydrogen (secondary N) is 1. The Kier molecular flexibility index (Phi) is 5.22. The predicted octanol–water partition coefficient (Wildman–Crippen LogP) is 2.59. The van der Waals surface area contributed by atoms with Crippen LogP contribution in [0.1, 0.15) is 25.3 Å². The Balaban J connectivity index is 1.51. The quantitative estimate of drug-likeness (QED) is 0.888. The predicted molar refractivity (Wildman–Crippen MR) is 90.4 cm³/mol. The number of benzene rings is 1. The summed E-state index contributed by atoms with van der Waals surface area (Å²) in [4.78, 5) is 28.3. The molecule has 1 N–H and O–H groups in total. The lowest BCUT2D eigenvalue weighted by Gasteiger charge is -2.37. The van der Waals surface area contributed by atoms with Gasteiger partial charge in [0.15, 0.2) is 0 Å². The highest BCUT2D eigenvalue weighted by molar-refractivity contribution is 5.94. The summed E-state index contributed by atoms with van der Waals surface area (Å²) in [6.45, 7) is 4.19. The van der Waals surface area contributed by atoms with Gasteiger partial charge < -0.3 is 10.2 Å². The van der Waals surface area contributed by atoms with Gasteiger partial charge in [-0.05, 0) is 44.0 Å². The van der Waals surface area contributed by atoms with E-state index in [1.54, 1.807) is 6.92 Å². The molecule has 1 atom stereocenters. The number of rotatable bonds is 4. The molecule has 1 saturated heterocycles. The highest BCUT2D eigenvalue weighted by atomic mass is 19.4. The third-order valence-corrected chi connectivity index (χ3v) is 4.96. The van der Waals surface area contributed by atoms with Gasteiger partial charge >= 0.3 is 6.18 Å². The summed E-state index contributed by atoms with van der Waals surface area (Å²) in [5, 5.41) is 2.65. The van der Waals surface area contributed by atoms with Crippen molar-refractivity contribution in [3.8, 4) is 0 Å². The Morgan fingerprint density at radius 1 is 1.08 bits per heavy atom. The van der Waals surface area contributed by atoms with Crippen molar-refractivity contribution in [1.82, 2.24) is 9.80 Å². The molecular formula is C18H22F3N3O2. The molecule has 3 rings (SSSR count). The molecule has 0 bridgehead atoms. The van der Waals surface area contributed by atoms with Crippen LogP contribution >= 0.6 is 0 Å². The number of carbonyl (C=O) groups is 2. The van der Waals surface area contributed by atoms with Crippen LogP contribution in [0.4, 0.5) is 18.9 Å². The molecule has 142 valence electrons. The lowest BCUT2D eigenvalue weighted by molar-refractivity contribution is -0.137. The van der Waals surface area contributed by atoms with Gasteiger partial charge in [-0.1, -0.05) is 0 Å². The molecule has 1 aromatic carbocycles. The molecule has 1 heterocycles. The second kappa shape index (κ2) is 7.26. The van der Waals surface area contributed by atoms with E-state index >= 15 is 0 Å². The zero-order valence-electron chi connectivity index (χ0n) is 14.6. The number of halogens is 3. The monoisotopic (exact) mass is 369 g/mol. The first-order valence-corrected chi connectivity index (χ1v) is 8.76. The molecule has 8 heteroatoms. The van der Waals surface area contributed by atoms with E-state index in [2.05, 4.69) is 5.32 Å². The minimum absolute atomic E-state index is 0.196. The number of amides is 2. The first-order valence-electron chi connectivity index (χ1n) is 8.76. The fraction of sp³-hybridized carbons (Fsp3) is 0.556. The van der Waals surface area contributed by atoms with E-state index < -0.39 is 17.8 Å². The van der Waals surface area contributed by atoms with E-state index in [1.807, 2.05) is 9.80 Å². The molecule has 0 spiro atoms. The van der Waals surface area contributed by atoms with Crippen LogP contribution in [0.5, 0.6) is 0 Å². The van der Waals surface area contributed by atoms with Gasteiger partial charge in [0.25, 0.3) is 0 Å². The number of piperazine rings is 1. The van der Waals surface area contributed by atoms with E-state index in [9.17, 15) is 22.8 Å². The van der Waals surface area contributed by atoms with Gasteiger partial charge in [0.1, 0.15) is 0 Å². The van der Waals surface area contributed by atoms with Crippen LogP contribution in [0.15, 0.2) is 24.3 Å². The van der Waals surface area contributed by atoms with E-state index in [0.29, 0.717) is 31.9 Å². The Labute approximate surface area is 150 Å². The van der Waals surface area contributed by atoms with Crippen LogP contribution in [-0.4, -0.2) is 53.8 Å². The summed E-state index contributed by atoms with van der Waals surface area (Å²) in [6.07, 6.45) is -2.44. The zero-order valence-corrected chi connectivity index (χ0v) is 14.6. The second-order valence-electron chi connectivity index (χ2n) is 6.88. The fourth-order valence-corrected chi connectivity index (χ4v) is 3.07. The summed E-state index contributed by atoms with van der Waals surface area (Å²) in [7, 11) is 0. The third kappa shape index (κ3) is 4.35. The first kappa shape index (κ1) is 18.7. The lowest BCUT2D eigenvalue weighted by Crippen LogP contribution is -2.54. The second-order valence-corrected chi connectivity index (χ2v) is 6.88. The van der Waals surface area contributed by atoms with Gasteiger partial charge in [0.2, 0.25) is 11.8 Å². The molecule has 1 saturated carbocycles. The highest BCUT2D eigenvalue weighted by Crippen LogP contribution is 2.31. The Morgan fingerprint density at radius 2 is 1.65 bits per heavy atom. The molecule has 0 aromatic heterocycles. The van der Waals surface area contributed by atoms with E-state index in [4.69, 9.17) is 0 Å². The molecule has 2 amide bonds. The maximum Gasteiger partial charge on any atom is 0.416 e. The summed E-state index contributed by atoms with van der Waals surface area (Å²) >= 11 is 0. The van der Waals surface area contributed by atoms with Crippen molar-refractivity contribution in [3.05, 3.63) is 29.8 Å². The molecule has 2 aliphatic rings. The Bertz CT molecular complexity index is 663. The number of carbonyl (C=O) groups excluding carboxylic acids is 2. The number of alkyl halides is 3. The molecular weight excluding hydrogens is 347 g/mol. The van der Waals surface area contributed by atoms with Gasteiger partial charge in [-0.2, -0.15) is 13.2 Å². The minimum Gasteiger partial charge on any atom is -0.340 e. The average Bonchev–Trinajstić information content (AvgIpc) is 3.45. The molecule has 1 aliphatic carbocycles. The molecule has 0 unspecified atom stereocenters. The summed E-state index contributed by atoms with van der Waals surface area (Å²) in [5.74, 6) is 0.139. The number of anilines is 1. The van der Waals surface area contributed by atoms with Gasteiger partial charge in [-0.25, -0.2) is 0 Å². The standard InChI is InChI=1S/C18H22F3N3O2/c1-12(23-8-10-24(11-9-23)17(26)13-2-3-13)16(25)22-15-6-4-14(5-7-15)18(19,20)21/h4-7,12-13H,2-3,8-11H2,1H3,(H,22,25)/t12-/m0/s1. The third-order valence-electron chi connectivity index (χ3n) is 4.96. The largest absolute Gasteiger partial charge is 0.416 e. The van der Waals surface area contributed by atoms with Crippen LogP contribution in [0.3, 0.4) is 0 Å². The van der Waals surface area contributed by atoms with Crippen molar-refractivity contribution in [1.29, 1.82) is 0 Å². The van der Waals surface area contributed by atoms with Crippen molar-refractivity contribution in [3.63, 3.8) is 0 Å². The summed E-state index contributed by atoms with van der Waals surface area (Å²) in [5.41, 5.74) is -0.419. The normalized spacial score (nSPS) is 19.9. The van der Waals surface area contributed by atoms with Crippen LogP contribution < -0.4 is 5.32 Å². The number of hydrogen-bond donors (Lipinski definition) is 1.